The first-order chi connectivity index (χ1) is 8.74. The summed E-state index contributed by atoms with van der Waals surface area (Å²) >= 11 is 1.77. The van der Waals surface area contributed by atoms with Crippen molar-refractivity contribution in [2.75, 3.05) is 5.75 Å². The van der Waals surface area contributed by atoms with E-state index in [2.05, 4.69) is 17.2 Å². The van der Waals surface area contributed by atoms with Gasteiger partial charge in [-0.1, -0.05) is 18.2 Å². The molecule has 0 radical (unpaired) electrons. The van der Waals surface area contributed by atoms with Crippen LogP contribution < -0.4 is 0 Å². The Morgan fingerprint density at radius 2 is 2.28 bits per heavy atom. The van der Waals surface area contributed by atoms with Gasteiger partial charge in [0.15, 0.2) is 0 Å². The van der Waals surface area contributed by atoms with Crippen molar-refractivity contribution in [3.05, 3.63) is 47.8 Å². The number of nitrogens with zero attached hydrogens (tertiary/aromatic N) is 2. The molecule has 0 saturated carbocycles. The van der Waals surface area contributed by atoms with Crippen molar-refractivity contribution in [1.82, 2.24) is 9.78 Å². The van der Waals surface area contributed by atoms with Crippen LogP contribution in [0.25, 0.3) is 0 Å². The third-order valence-electron chi connectivity index (χ3n) is 3.21. The van der Waals surface area contributed by atoms with Gasteiger partial charge >= 0.3 is 0 Å². The molecule has 3 nitrogen and oxygen atoms in total. The van der Waals surface area contributed by atoms with Gasteiger partial charge < -0.3 is 0 Å². The lowest BCUT2D eigenvalue weighted by Crippen LogP contribution is -2.15. The summed E-state index contributed by atoms with van der Waals surface area (Å²) in [5, 5.41) is 4.27. The number of rotatable bonds is 3. The average molecular weight is 258 g/mol. The fourth-order valence-corrected chi connectivity index (χ4v) is 3.55. The lowest BCUT2D eigenvalue weighted by Gasteiger charge is -2.08. The van der Waals surface area contributed by atoms with Crippen molar-refractivity contribution < 1.29 is 4.79 Å². The molecular formula is C14H14N2OS. The third-order valence-corrected chi connectivity index (χ3v) is 4.40. The van der Waals surface area contributed by atoms with E-state index < -0.39 is 0 Å². The first-order valence-corrected chi connectivity index (χ1v) is 6.95. The minimum Gasteiger partial charge on any atom is -0.299 e. The zero-order valence-corrected chi connectivity index (χ0v) is 11.0. The summed E-state index contributed by atoms with van der Waals surface area (Å²) in [7, 11) is 1.87. The predicted molar refractivity (Wildman–Crippen MR) is 71.8 cm³/mol. The van der Waals surface area contributed by atoms with Crippen LogP contribution in [0.5, 0.6) is 0 Å². The Morgan fingerprint density at radius 1 is 1.44 bits per heavy atom. The number of aromatic nitrogens is 2. The molecular weight excluding hydrogens is 244 g/mol. The Balaban J connectivity index is 1.78. The summed E-state index contributed by atoms with van der Waals surface area (Å²) in [4.78, 5) is 13.6. The van der Waals surface area contributed by atoms with Crippen LogP contribution in [0.15, 0.2) is 41.4 Å². The molecule has 0 fully saturated rings. The highest BCUT2D eigenvalue weighted by Crippen LogP contribution is 2.40. The van der Waals surface area contributed by atoms with Crippen molar-refractivity contribution in [2.45, 2.75) is 17.2 Å². The highest BCUT2D eigenvalue weighted by Gasteiger charge is 2.28. The van der Waals surface area contributed by atoms with Crippen LogP contribution in [0.1, 0.15) is 17.2 Å². The first-order valence-electron chi connectivity index (χ1n) is 5.97. The van der Waals surface area contributed by atoms with Gasteiger partial charge in [0.25, 0.3) is 0 Å². The maximum Gasteiger partial charge on any atom is 0.147 e. The molecule has 1 aliphatic rings. The maximum absolute atomic E-state index is 12.3. The maximum atomic E-state index is 12.3. The van der Waals surface area contributed by atoms with Crippen molar-refractivity contribution in [3.8, 4) is 0 Å². The van der Waals surface area contributed by atoms with Gasteiger partial charge in [0, 0.05) is 23.9 Å². The Bertz CT molecular complexity index is 591. The molecule has 3 rings (SSSR count). The fourth-order valence-electron chi connectivity index (χ4n) is 2.29. The predicted octanol–water partition coefficient (Wildman–Crippen LogP) is 2.42. The summed E-state index contributed by atoms with van der Waals surface area (Å²) in [6.45, 7) is 0. The second kappa shape index (κ2) is 4.61. The molecule has 1 atom stereocenters. The van der Waals surface area contributed by atoms with Crippen LogP contribution in [0.4, 0.5) is 0 Å². The molecule has 4 heteroatoms. The van der Waals surface area contributed by atoms with Crippen LogP contribution >= 0.6 is 11.8 Å². The van der Waals surface area contributed by atoms with Gasteiger partial charge in [-0.2, -0.15) is 5.10 Å². The topological polar surface area (TPSA) is 34.9 Å². The van der Waals surface area contributed by atoms with Gasteiger partial charge in [0.05, 0.1) is 18.0 Å². The monoisotopic (exact) mass is 258 g/mol. The third kappa shape index (κ3) is 2.08. The highest BCUT2D eigenvalue weighted by molar-refractivity contribution is 7.99. The van der Waals surface area contributed by atoms with Gasteiger partial charge in [-0.15, -0.1) is 11.8 Å². The number of ketones is 1. The van der Waals surface area contributed by atoms with Crippen LogP contribution in [-0.4, -0.2) is 21.3 Å². The summed E-state index contributed by atoms with van der Waals surface area (Å²) in [6, 6.07) is 10.1. The van der Waals surface area contributed by atoms with E-state index in [1.807, 2.05) is 31.4 Å². The number of hydrogen-bond acceptors (Lipinski definition) is 3. The highest BCUT2D eigenvalue weighted by atomic mass is 32.2. The number of benzene rings is 1. The molecule has 0 aliphatic carbocycles. The Labute approximate surface area is 110 Å². The lowest BCUT2D eigenvalue weighted by atomic mass is 9.94. The van der Waals surface area contributed by atoms with E-state index in [4.69, 9.17) is 0 Å². The number of Topliss-reactive ketones (excluding diaryl/α,β-unsaturated/α-hetero) is 1. The normalized spacial score (nSPS) is 17.7. The molecule has 1 unspecified atom stereocenters. The second-order valence-electron chi connectivity index (χ2n) is 4.53. The van der Waals surface area contributed by atoms with E-state index in [1.165, 1.54) is 10.5 Å². The van der Waals surface area contributed by atoms with E-state index >= 15 is 0 Å². The molecule has 1 aromatic carbocycles. The average Bonchev–Trinajstić information content (AvgIpc) is 2.95. The number of carbonyl (C=O) groups is 1. The zero-order chi connectivity index (χ0) is 12.5. The fraction of sp³-hybridized carbons (Fsp3) is 0.286. The van der Waals surface area contributed by atoms with Crippen LogP contribution in [0.2, 0.25) is 0 Å². The zero-order valence-electron chi connectivity index (χ0n) is 10.2. The molecule has 18 heavy (non-hydrogen) atoms. The van der Waals surface area contributed by atoms with Crippen LogP contribution in [-0.2, 0) is 18.3 Å². The number of fused-ring (bicyclic) bond motifs is 1. The van der Waals surface area contributed by atoms with Gasteiger partial charge in [-0.05, 0) is 17.7 Å². The van der Waals surface area contributed by atoms with E-state index in [1.54, 1.807) is 16.4 Å². The number of carbonyl (C=O) groups excluding carboxylic acids is 1. The van der Waals surface area contributed by atoms with E-state index in [-0.39, 0.29) is 11.7 Å². The van der Waals surface area contributed by atoms with Crippen molar-refractivity contribution >= 4 is 17.5 Å². The Kier molecular flexibility index (Phi) is 2.96. The van der Waals surface area contributed by atoms with Crippen molar-refractivity contribution in [2.24, 2.45) is 7.05 Å². The molecule has 2 aromatic rings. The van der Waals surface area contributed by atoms with Gasteiger partial charge in [0.1, 0.15) is 5.78 Å². The number of hydrogen-bond donors (Lipinski definition) is 0. The van der Waals surface area contributed by atoms with Crippen LogP contribution in [0, 0.1) is 0 Å². The van der Waals surface area contributed by atoms with Crippen molar-refractivity contribution in [1.29, 1.82) is 0 Å². The molecule has 92 valence electrons. The van der Waals surface area contributed by atoms with Gasteiger partial charge in [-0.3, -0.25) is 9.48 Å². The largest absolute Gasteiger partial charge is 0.299 e. The van der Waals surface area contributed by atoms with Gasteiger partial charge in [0.2, 0.25) is 0 Å². The minimum absolute atomic E-state index is 0.0354. The first kappa shape index (κ1) is 11.5. The number of aryl methyl sites for hydroxylation is 1. The quantitative estimate of drug-likeness (QED) is 0.848. The molecule has 0 amide bonds. The van der Waals surface area contributed by atoms with Crippen molar-refractivity contribution in [3.63, 3.8) is 0 Å². The van der Waals surface area contributed by atoms with Gasteiger partial charge in [-0.25, -0.2) is 0 Å². The standard InChI is InChI=1S/C14H14N2OS/c1-16-7-6-10(15-16)8-13(17)12-9-18-14-5-3-2-4-11(12)14/h2-7,12H,8-9H2,1H3. The van der Waals surface area contributed by atoms with Crippen LogP contribution in [0.3, 0.4) is 0 Å². The second-order valence-corrected chi connectivity index (χ2v) is 5.59. The SMILES string of the molecule is Cn1ccc(CC(=O)C2CSc3ccccc32)n1. The molecule has 0 bridgehead atoms. The number of thioether (sulfide) groups is 1. The molecule has 2 heterocycles. The minimum atomic E-state index is 0.0354. The van der Waals surface area contributed by atoms with E-state index in [0.717, 1.165) is 11.4 Å². The Morgan fingerprint density at radius 3 is 3.06 bits per heavy atom. The lowest BCUT2D eigenvalue weighted by molar-refractivity contribution is -0.119. The summed E-state index contributed by atoms with van der Waals surface area (Å²) in [5.74, 6) is 1.17. The molecule has 1 aromatic heterocycles. The van der Waals surface area contributed by atoms with E-state index in [9.17, 15) is 4.79 Å². The molecule has 1 aliphatic heterocycles. The molecule has 0 spiro atoms. The molecule has 0 N–H and O–H groups in total. The summed E-state index contributed by atoms with van der Waals surface area (Å²) < 4.78 is 1.74. The summed E-state index contributed by atoms with van der Waals surface area (Å²) in [6.07, 6.45) is 2.31. The molecule has 0 saturated heterocycles. The van der Waals surface area contributed by atoms with E-state index in [0.29, 0.717) is 6.42 Å². The summed E-state index contributed by atoms with van der Waals surface area (Å²) in [5.41, 5.74) is 2.04. The smallest absolute Gasteiger partial charge is 0.147 e. The Hall–Kier alpha value is -1.55.